The first kappa shape index (κ1) is 24.3. The maximum Gasteiger partial charge on any atom is 0.349 e. The molecule has 0 saturated heterocycles. The summed E-state index contributed by atoms with van der Waals surface area (Å²) >= 11 is 0.892. The Morgan fingerprint density at radius 1 is 1.32 bits per heavy atom. The largest absolute Gasteiger partial charge is 0.477 e. The number of likely N-dealkylation sites (N-methyl/N-ethyl adjacent to an activating group) is 1. The maximum absolute atomic E-state index is 12.5. The molecule has 0 aliphatic rings. The molecule has 0 aliphatic heterocycles. The fraction of sp³-hybridized carbons (Fsp3) is 0.316. The fourth-order valence-electron chi connectivity index (χ4n) is 2.55. The number of hydrogen-bond acceptors (Lipinski definition) is 8. The van der Waals surface area contributed by atoms with Crippen LogP contribution in [0.4, 0.5) is 5.69 Å². The van der Waals surface area contributed by atoms with Gasteiger partial charge in [-0.1, -0.05) is 0 Å². The van der Waals surface area contributed by atoms with Crippen LogP contribution in [0.25, 0.3) is 11.8 Å². The molecule has 31 heavy (non-hydrogen) atoms. The number of carbonyl (C=O) groups is 1. The van der Waals surface area contributed by atoms with Gasteiger partial charge in [0.05, 0.1) is 4.90 Å². The molecule has 0 unspecified atom stereocenters. The summed E-state index contributed by atoms with van der Waals surface area (Å²) in [4.78, 5) is 25.7. The highest BCUT2D eigenvalue weighted by Gasteiger charge is 2.14. The normalized spacial score (nSPS) is 13.2. The third-order valence-electron chi connectivity index (χ3n) is 4.15. The van der Waals surface area contributed by atoms with Crippen molar-refractivity contribution in [3.63, 3.8) is 0 Å². The minimum Gasteiger partial charge on any atom is -0.477 e. The SMILES string of the molecule is CCn1c(=C(C#N)C(=O)O)sc(=CNc2ccc(S(=O)(=O)NCCN(C)C)cc2)c1=O. The van der Waals surface area contributed by atoms with Gasteiger partial charge in [0.25, 0.3) is 5.56 Å². The molecular weight excluding hydrogens is 442 g/mol. The topological polar surface area (TPSA) is 145 Å². The Morgan fingerprint density at radius 3 is 2.48 bits per heavy atom. The lowest BCUT2D eigenvalue weighted by Gasteiger charge is -2.11. The van der Waals surface area contributed by atoms with Crippen molar-refractivity contribution >= 4 is 44.8 Å². The first-order chi connectivity index (χ1) is 14.6. The minimum atomic E-state index is -3.63. The number of carboxylic acid groups (broad SMARTS) is 1. The fourth-order valence-corrected chi connectivity index (χ4v) is 4.65. The van der Waals surface area contributed by atoms with Crippen molar-refractivity contribution in [2.24, 2.45) is 0 Å². The number of thiazole rings is 1. The number of nitriles is 1. The molecule has 0 atom stereocenters. The molecule has 2 aromatic rings. The van der Waals surface area contributed by atoms with Gasteiger partial charge in [0.15, 0.2) is 5.57 Å². The van der Waals surface area contributed by atoms with E-state index < -0.39 is 27.1 Å². The van der Waals surface area contributed by atoms with E-state index in [9.17, 15) is 23.1 Å². The lowest BCUT2D eigenvalue weighted by atomic mass is 10.3. The Kier molecular flexibility index (Phi) is 8.12. The molecule has 0 radical (unpaired) electrons. The zero-order valence-corrected chi connectivity index (χ0v) is 18.9. The summed E-state index contributed by atoms with van der Waals surface area (Å²) in [6.45, 7) is 2.74. The van der Waals surface area contributed by atoms with Crippen LogP contribution in [0.15, 0.2) is 34.0 Å². The van der Waals surface area contributed by atoms with E-state index in [0.29, 0.717) is 12.2 Å². The number of anilines is 1. The molecule has 12 heteroatoms. The number of sulfonamides is 1. The zero-order chi connectivity index (χ0) is 23.2. The Balaban J connectivity index is 2.30. The van der Waals surface area contributed by atoms with Gasteiger partial charge in [0, 0.05) is 31.5 Å². The number of carboxylic acids is 1. The van der Waals surface area contributed by atoms with Crippen LogP contribution in [0.3, 0.4) is 0 Å². The predicted molar refractivity (Wildman–Crippen MR) is 118 cm³/mol. The third-order valence-corrected chi connectivity index (χ3v) is 6.76. The lowest BCUT2D eigenvalue weighted by Crippen LogP contribution is -2.32. The van der Waals surface area contributed by atoms with Gasteiger partial charge < -0.3 is 15.3 Å². The Hall–Kier alpha value is -2.98. The second-order valence-electron chi connectivity index (χ2n) is 6.63. The quantitative estimate of drug-likeness (QED) is 0.444. The average molecular weight is 466 g/mol. The molecule has 1 heterocycles. The monoisotopic (exact) mass is 465 g/mol. The molecule has 0 saturated carbocycles. The molecular formula is C19H23N5O5S2. The van der Waals surface area contributed by atoms with Gasteiger partial charge in [-0.25, -0.2) is 17.9 Å². The van der Waals surface area contributed by atoms with Crippen LogP contribution in [0.1, 0.15) is 6.92 Å². The highest BCUT2D eigenvalue weighted by molar-refractivity contribution is 7.89. The molecule has 0 spiro atoms. The predicted octanol–water partition coefficient (Wildman–Crippen LogP) is -0.621. The molecule has 0 amide bonds. The summed E-state index contributed by atoms with van der Waals surface area (Å²) in [5.74, 6) is -1.40. The summed E-state index contributed by atoms with van der Waals surface area (Å²) < 4.78 is 28.6. The van der Waals surface area contributed by atoms with Crippen LogP contribution in [-0.4, -0.2) is 56.1 Å². The van der Waals surface area contributed by atoms with E-state index >= 15 is 0 Å². The van der Waals surface area contributed by atoms with Crippen LogP contribution < -0.4 is 24.8 Å². The molecule has 10 nitrogen and oxygen atoms in total. The van der Waals surface area contributed by atoms with Gasteiger partial charge in [0.1, 0.15) is 15.3 Å². The third kappa shape index (κ3) is 6.02. The second kappa shape index (κ2) is 10.4. The highest BCUT2D eigenvalue weighted by Crippen LogP contribution is 2.13. The number of benzene rings is 1. The molecule has 2 rings (SSSR count). The van der Waals surface area contributed by atoms with Crippen molar-refractivity contribution in [3.8, 4) is 6.07 Å². The van der Waals surface area contributed by atoms with Gasteiger partial charge in [0.2, 0.25) is 10.0 Å². The molecule has 0 fully saturated rings. The van der Waals surface area contributed by atoms with Crippen molar-refractivity contribution < 1.29 is 18.3 Å². The standard InChI is InChI=1S/C19H23N5O5S2/c1-4-24-17(25)16(30-18(24)15(11-20)19(26)27)12-21-13-5-7-14(8-6-13)31(28,29)22-9-10-23(2)3/h5-8,12,21-22H,4,9-10H2,1-3H3,(H,26,27). The highest BCUT2D eigenvalue weighted by atomic mass is 32.2. The van der Waals surface area contributed by atoms with E-state index in [2.05, 4.69) is 10.0 Å². The molecule has 0 bridgehead atoms. The van der Waals surface area contributed by atoms with Gasteiger partial charge >= 0.3 is 5.97 Å². The van der Waals surface area contributed by atoms with Gasteiger partial charge in [-0.3, -0.25) is 9.36 Å². The van der Waals surface area contributed by atoms with Gasteiger partial charge in [-0.2, -0.15) is 5.26 Å². The number of nitrogens with zero attached hydrogens (tertiary/aromatic N) is 3. The zero-order valence-electron chi connectivity index (χ0n) is 17.2. The van der Waals surface area contributed by atoms with Crippen molar-refractivity contribution in [1.82, 2.24) is 14.2 Å². The summed E-state index contributed by atoms with van der Waals surface area (Å²) in [7, 11) is 0.0626. The summed E-state index contributed by atoms with van der Waals surface area (Å²) in [5.41, 5.74) is -0.388. The number of aliphatic carboxylic acids is 1. The molecule has 1 aromatic heterocycles. The van der Waals surface area contributed by atoms with E-state index in [0.717, 1.165) is 11.3 Å². The smallest absolute Gasteiger partial charge is 0.349 e. The lowest BCUT2D eigenvalue weighted by molar-refractivity contribution is -0.130. The number of aromatic nitrogens is 1. The number of rotatable bonds is 9. The van der Waals surface area contributed by atoms with E-state index in [1.165, 1.54) is 22.9 Å². The first-order valence-corrected chi connectivity index (χ1v) is 11.5. The van der Waals surface area contributed by atoms with E-state index in [1.807, 2.05) is 19.0 Å². The van der Waals surface area contributed by atoms with Crippen LogP contribution in [-0.2, 0) is 21.4 Å². The summed E-state index contributed by atoms with van der Waals surface area (Å²) in [5, 5.41) is 21.2. The second-order valence-corrected chi connectivity index (χ2v) is 9.42. The molecule has 166 valence electrons. The van der Waals surface area contributed by atoms with E-state index in [-0.39, 0.29) is 27.2 Å². The van der Waals surface area contributed by atoms with Crippen LogP contribution in [0.2, 0.25) is 0 Å². The van der Waals surface area contributed by atoms with Crippen molar-refractivity contribution in [3.05, 3.63) is 43.8 Å². The molecule has 0 aliphatic carbocycles. The average Bonchev–Trinajstić information content (AvgIpc) is 3.01. The number of hydrogen-bond donors (Lipinski definition) is 3. The van der Waals surface area contributed by atoms with Gasteiger partial charge in [-0.05, 0) is 45.3 Å². The number of nitrogens with one attached hydrogen (secondary N) is 2. The maximum atomic E-state index is 12.5. The molecule has 3 N–H and O–H groups in total. The summed E-state index contributed by atoms with van der Waals surface area (Å²) in [6.07, 6.45) is 1.40. The van der Waals surface area contributed by atoms with Crippen LogP contribution in [0, 0.1) is 11.3 Å². The van der Waals surface area contributed by atoms with E-state index in [1.54, 1.807) is 25.1 Å². The van der Waals surface area contributed by atoms with E-state index in [4.69, 9.17) is 5.26 Å². The van der Waals surface area contributed by atoms with Gasteiger partial charge in [-0.15, -0.1) is 11.3 Å². The molecule has 1 aromatic carbocycles. The van der Waals surface area contributed by atoms with Crippen molar-refractivity contribution in [2.45, 2.75) is 18.4 Å². The van der Waals surface area contributed by atoms with Crippen LogP contribution >= 0.6 is 11.3 Å². The first-order valence-electron chi connectivity index (χ1n) is 9.19. The summed E-state index contributed by atoms with van der Waals surface area (Å²) in [6, 6.07) is 7.58. The van der Waals surface area contributed by atoms with Crippen molar-refractivity contribution in [2.75, 3.05) is 32.5 Å². The van der Waals surface area contributed by atoms with Crippen LogP contribution in [0.5, 0.6) is 0 Å². The Bertz CT molecular complexity index is 1270. The Labute approximate surface area is 183 Å². The minimum absolute atomic E-state index is 0.0702. The van der Waals surface area contributed by atoms with Crippen molar-refractivity contribution in [1.29, 1.82) is 5.26 Å². The Morgan fingerprint density at radius 2 is 1.97 bits per heavy atom.